The Labute approximate surface area is 189 Å². The van der Waals surface area contributed by atoms with Crippen LogP contribution in [0.15, 0.2) is 42.5 Å². The Kier molecular flexibility index (Phi) is 9.00. The van der Waals surface area contributed by atoms with E-state index in [1.165, 1.54) is 0 Å². The first-order valence-corrected chi connectivity index (χ1v) is 11.0. The molecular formula is C24H31ClN2O4. The van der Waals surface area contributed by atoms with Gasteiger partial charge in [0.05, 0.1) is 0 Å². The van der Waals surface area contributed by atoms with Gasteiger partial charge in [-0.05, 0) is 68.3 Å². The molecule has 0 unspecified atom stereocenters. The monoisotopic (exact) mass is 446 g/mol. The molecule has 2 aromatic rings. The largest absolute Gasteiger partial charge is 0.492 e. The lowest BCUT2D eigenvalue weighted by Gasteiger charge is -2.31. The molecule has 1 aliphatic heterocycles. The molecular weight excluding hydrogens is 416 g/mol. The molecule has 1 N–H and O–H groups in total. The Morgan fingerprint density at radius 2 is 1.94 bits per heavy atom. The van der Waals surface area contributed by atoms with Gasteiger partial charge in [-0.25, -0.2) is 0 Å². The highest BCUT2D eigenvalue weighted by Gasteiger charge is 2.18. The number of nitrogens with one attached hydrogen (secondary N) is 1. The van der Waals surface area contributed by atoms with Crippen LogP contribution in [0.1, 0.15) is 24.0 Å². The van der Waals surface area contributed by atoms with Crippen molar-refractivity contribution in [3.8, 4) is 11.5 Å². The number of benzene rings is 2. The molecule has 2 aromatic carbocycles. The van der Waals surface area contributed by atoms with Crippen molar-refractivity contribution in [2.75, 3.05) is 40.0 Å². The van der Waals surface area contributed by atoms with Crippen LogP contribution >= 0.6 is 11.6 Å². The molecule has 1 amide bonds. The van der Waals surface area contributed by atoms with Crippen molar-refractivity contribution in [3.63, 3.8) is 0 Å². The van der Waals surface area contributed by atoms with Crippen molar-refractivity contribution in [1.29, 1.82) is 0 Å². The van der Waals surface area contributed by atoms with Crippen LogP contribution < -0.4 is 14.8 Å². The summed E-state index contributed by atoms with van der Waals surface area (Å²) in [5, 5.41) is 3.55. The van der Waals surface area contributed by atoms with Gasteiger partial charge in [0.2, 0.25) is 0 Å². The second-order valence-electron chi connectivity index (χ2n) is 7.80. The van der Waals surface area contributed by atoms with Crippen molar-refractivity contribution < 1.29 is 19.0 Å². The van der Waals surface area contributed by atoms with E-state index in [-0.39, 0.29) is 12.5 Å². The Morgan fingerprint density at radius 1 is 1.16 bits per heavy atom. The van der Waals surface area contributed by atoms with Gasteiger partial charge >= 0.3 is 0 Å². The van der Waals surface area contributed by atoms with Crippen molar-refractivity contribution >= 4 is 17.5 Å². The summed E-state index contributed by atoms with van der Waals surface area (Å²) in [7, 11) is 2.14. The summed E-state index contributed by atoms with van der Waals surface area (Å²) in [5.41, 5.74) is 1.89. The van der Waals surface area contributed by atoms with E-state index in [9.17, 15) is 4.79 Å². The molecule has 7 heteroatoms. The van der Waals surface area contributed by atoms with Gasteiger partial charge in [0.25, 0.3) is 5.91 Å². The highest BCUT2D eigenvalue weighted by Crippen LogP contribution is 2.21. The number of ether oxygens (including phenoxy) is 3. The van der Waals surface area contributed by atoms with Gasteiger partial charge in [0, 0.05) is 37.4 Å². The third-order valence-corrected chi connectivity index (χ3v) is 5.84. The molecule has 6 nitrogen and oxygen atoms in total. The fraction of sp³-hybridized carbons (Fsp3) is 0.458. The predicted molar refractivity (Wildman–Crippen MR) is 122 cm³/mol. The number of aryl methyl sites for hydroxylation is 1. The van der Waals surface area contributed by atoms with Crippen LogP contribution in [0.25, 0.3) is 0 Å². The van der Waals surface area contributed by atoms with E-state index in [2.05, 4.69) is 17.3 Å². The number of carbonyl (C=O) groups excluding carboxylic acids is 1. The van der Waals surface area contributed by atoms with Crippen LogP contribution in [0.3, 0.4) is 0 Å². The second kappa shape index (κ2) is 11.9. The number of nitrogens with zero attached hydrogens (tertiary/aromatic N) is 1. The number of carbonyl (C=O) groups is 1. The first-order valence-electron chi connectivity index (χ1n) is 10.7. The van der Waals surface area contributed by atoms with Crippen LogP contribution in [0.4, 0.5) is 0 Å². The summed E-state index contributed by atoms with van der Waals surface area (Å²) in [6.45, 7) is 5.44. The Hall–Kier alpha value is -2.28. The number of hydrogen-bond acceptors (Lipinski definition) is 5. The highest BCUT2D eigenvalue weighted by atomic mass is 35.5. The molecule has 0 spiro atoms. The van der Waals surface area contributed by atoms with Gasteiger partial charge in [0.1, 0.15) is 18.1 Å². The lowest BCUT2D eigenvalue weighted by atomic mass is 10.1. The number of likely N-dealkylation sites (N-methyl/N-ethyl adjacent to an activating group) is 1. The van der Waals surface area contributed by atoms with Crippen molar-refractivity contribution in [3.05, 3.63) is 58.6 Å². The first-order chi connectivity index (χ1) is 15.0. The molecule has 0 radical (unpaired) electrons. The second-order valence-corrected chi connectivity index (χ2v) is 8.20. The quantitative estimate of drug-likeness (QED) is 0.601. The van der Waals surface area contributed by atoms with Gasteiger partial charge < -0.3 is 19.5 Å². The third kappa shape index (κ3) is 7.73. The molecule has 0 atom stereocenters. The maximum Gasteiger partial charge on any atom is 0.258 e. The summed E-state index contributed by atoms with van der Waals surface area (Å²) >= 11 is 6.00. The number of halogens is 1. The first kappa shape index (κ1) is 23.4. The minimum atomic E-state index is -0.183. The number of amides is 1. The van der Waals surface area contributed by atoms with E-state index in [0.717, 1.165) is 49.5 Å². The van der Waals surface area contributed by atoms with E-state index >= 15 is 0 Å². The Morgan fingerprint density at radius 3 is 2.71 bits per heavy atom. The lowest BCUT2D eigenvalue weighted by molar-refractivity contribution is -0.123. The van der Waals surface area contributed by atoms with Gasteiger partial charge in [-0.1, -0.05) is 23.7 Å². The third-order valence-electron chi connectivity index (χ3n) is 5.41. The standard InChI is InChI=1S/C24H31ClN2O4/c1-18-14-22(6-7-23(18)25)31-17-24(28)26-16-19-4-3-5-21(15-19)30-13-10-27(2)20-8-11-29-12-9-20/h3-7,14-15,20H,8-13,16-17H2,1-2H3,(H,26,28). The molecule has 0 aliphatic carbocycles. The molecule has 1 heterocycles. The van der Waals surface area contributed by atoms with E-state index in [0.29, 0.717) is 30.0 Å². The SMILES string of the molecule is Cc1cc(OCC(=O)NCc2cccc(OCCN(C)C3CCOCC3)c2)ccc1Cl. The van der Waals surface area contributed by atoms with Crippen molar-refractivity contribution in [2.24, 2.45) is 0 Å². The molecule has 168 valence electrons. The zero-order valence-electron chi connectivity index (χ0n) is 18.2. The van der Waals surface area contributed by atoms with Gasteiger partial charge in [-0.2, -0.15) is 0 Å². The molecule has 3 rings (SSSR count). The van der Waals surface area contributed by atoms with Crippen LogP contribution in [0.2, 0.25) is 5.02 Å². The smallest absolute Gasteiger partial charge is 0.258 e. The average molecular weight is 447 g/mol. The van der Waals surface area contributed by atoms with Gasteiger partial charge in [-0.3, -0.25) is 9.69 Å². The Bertz CT molecular complexity index is 855. The maximum atomic E-state index is 12.1. The summed E-state index contributed by atoms with van der Waals surface area (Å²) < 4.78 is 16.9. The number of hydrogen-bond donors (Lipinski definition) is 1. The van der Waals surface area contributed by atoms with Crippen LogP contribution in [-0.4, -0.2) is 56.9 Å². The fourth-order valence-corrected chi connectivity index (χ4v) is 3.59. The molecule has 1 aliphatic rings. The summed E-state index contributed by atoms with van der Waals surface area (Å²) in [6, 6.07) is 13.7. The van der Waals surface area contributed by atoms with Gasteiger partial charge in [-0.15, -0.1) is 0 Å². The molecule has 0 saturated carbocycles. The zero-order chi connectivity index (χ0) is 22.1. The molecule has 1 fully saturated rings. The maximum absolute atomic E-state index is 12.1. The highest BCUT2D eigenvalue weighted by molar-refractivity contribution is 6.31. The van der Waals surface area contributed by atoms with Crippen molar-refractivity contribution in [2.45, 2.75) is 32.4 Å². The van der Waals surface area contributed by atoms with E-state index in [4.69, 9.17) is 25.8 Å². The summed E-state index contributed by atoms with van der Waals surface area (Å²) in [6.07, 6.45) is 2.15. The van der Waals surface area contributed by atoms with E-state index in [1.54, 1.807) is 12.1 Å². The molecule has 0 bridgehead atoms. The lowest BCUT2D eigenvalue weighted by Crippen LogP contribution is -2.38. The van der Waals surface area contributed by atoms with Crippen LogP contribution in [-0.2, 0) is 16.1 Å². The van der Waals surface area contributed by atoms with E-state index in [1.807, 2.05) is 37.3 Å². The summed E-state index contributed by atoms with van der Waals surface area (Å²) in [5.74, 6) is 1.25. The minimum Gasteiger partial charge on any atom is -0.492 e. The molecule has 0 aromatic heterocycles. The molecule has 31 heavy (non-hydrogen) atoms. The Balaban J connectivity index is 1.38. The average Bonchev–Trinajstić information content (AvgIpc) is 2.79. The van der Waals surface area contributed by atoms with Crippen LogP contribution in [0.5, 0.6) is 11.5 Å². The summed E-state index contributed by atoms with van der Waals surface area (Å²) in [4.78, 5) is 14.5. The van der Waals surface area contributed by atoms with E-state index < -0.39 is 0 Å². The van der Waals surface area contributed by atoms with Gasteiger partial charge in [0.15, 0.2) is 6.61 Å². The fourth-order valence-electron chi connectivity index (χ4n) is 3.47. The minimum absolute atomic E-state index is 0.0458. The normalized spacial score (nSPS) is 14.5. The topological polar surface area (TPSA) is 60.0 Å². The predicted octanol–water partition coefficient (Wildman–Crippen LogP) is 3.83. The van der Waals surface area contributed by atoms with Crippen LogP contribution in [0, 0.1) is 6.92 Å². The molecule has 1 saturated heterocycles. The van der Waals surface area contributed by atoms with Crippen molar-refractivity contribution in [1.82, 2.24) is 10.2 Å². The number of rotatable bonds is 10. The zero-order valence-corrected chi connectivity index (χ0v) is 19.0.